The van der Waals surface area contributed by atoms with Crippen LogP contribution in [0.15, 0.2) is 30.3 Å². The third-order valence-corrected chi connectivity index (χ3v) is 5.03. The van der Waals surface area contributed by atoms with Gasteiger partial charge in [0.25, 0.3) is 5.91 Å². The Balaban J connectivity index is 1.57. The van der Waals surface area contributed by atoms with Crippen LogP contribution >= 0.6 is 22.9 Å². The van der Waals surface area contributed by atoms with Crippen molar-refractivity contribution in [2.24, 2.45) is 0 Å². The summed E-state index contributed by atoms with van der Waals surface area (Å²) >= 11 is 6.91. The van der Waals surface area contributed by atoms with E-state index < -0.39 is 5.97 Å². The van der Waals surface area contributed by atoms with Crippen LogP contribution in [0.5, 0.6) is 11.5 Å². The first-order valence-electron chi connectivity index (χ1n) is 8.15. The molecule has 1 amide bonds. The summed E-state index contributed by atoms with van der Waals surface area (Å²) in [5, 5.41) is 0. The van der Waals surface area contributed by atoms with E-state index in [1.165, 1.54) is 0 Å². The van der Waals surface area contributed by atoms with Crippen LogP contribution < -0.4 is 9.47 Å². The van der Waals surface area contributed by atoms with Gasteiger partial charge in [0, 0.05) is 13.1 Å². The largest absolute Gasteiger partial charge is 0.486 e. The first-order chi connectivity index (χ1) is 12.6. The van der Waals surface area contributed by atoms with Crippen molar-refractivity contribution < 1.29 is 23.8 Å². The van der Waals surface area contributed by atoms with Gasteiger partial charge in [-0.25, -0.2) is 4.79 Å². The molecule has 1 aliphatic heterocycles. The number of hydrogen-bond donors (Lipinski definition) is 0. The smallest absolute Gasteiger partial charge is 0.348 e. The summed E-state index contributed by atoms with van der Waals surface area (Å²) in [4.78, 5) is 26.3. The molecule has 0 N–H and O–H groups in total. The van der Waals surface area contributed by atoms with Crippen molar-refractivity contribution in [3.63, 3.8) is 0 Å². The number of carbonyl (C=O) groups is 2. The minimum absolute atomic E-state index is 0.265. The molecule has 2 heterocycles. The van der Waals surface area contributed by atoms with Gasteiger partial charge in [-0.15, -0.1) is 11.3 Å². The average molecular weight is 396 g/mol. The SMILES string of the molecule is CCN(Cc1ccc2c(c1)OCCO2)C(=O)COC(=O)c1ccc(Cl)s1. The summed E-state index contributed by atoms with van der Waals surface area (Å²) in [6.07, 6.45) is 0. The third-order valence-electron chi connectivity index (χ3n) is 3.82. The zero-order chi connectivity index (χ0) is 18.5. The van der Waals surface area contributed by atoms with Crippen LogP contribution in [0.25, 0.3) is 0 Å². The lowest BCUT2D eigenvalue weighted by molar-refractivity contribution is -0.134. The standard InChI is InChI=1S/C18H18ClNO5S/c1-2-20(10-12-3-4-13-14(9-12)24-8-7-23-13)17(21)11-25-18(22)15-5-6-16(19)26-15/h3-6,9H,2,7-8,10-11H2,1H3. The molecule has 1 aliphatic rings. The van der Waals surface area contributed by atoms with Gasteiger partial charge < -0.3 is 19.1 Å². The van der Waals surface area contributed by atoms with Gasteiger partial charge in [0.15, 0.2) is 18.1 Å². The molecule has 0 saturated heterocycles. The van der Waals surface area contributed by atoms with Gasteiger partial charge in [0.05, 0.1) is 4.34 Å². The highest BCUT2D eigenvalue weighted by molar-refractivity contribution is 7.17. The van der Waals surface area contributed by atoms with Crippen molar-refractivity contribution in [1.82, 2.24) is 4.90 Å². The fourth-order valence-corrected chi connectivity index (χ4v) is 3.43. The van der Waals surface area contributed by atoms with E-state index >= 15 is 0 Å². The average Bonchev–Trinajstić information content (AvgIpc) is 3.10. The van der Waals surface area contributed by atoms with E-state index in [1.807, 2.05) is 25.1 Å². The minimum Gasteiger partial charge on any atom is -0.486 e. The van der Waals surface area contributed by atoms with Gasteiger partial charge in [-0.1, -0.05) is 17.7 Å². The molecule has 1 aromatic heterocycles. The number of ether oxygens (including phenoxy) is 3. The molecule has 3 rings (SSSR count). The normalized spacial score (nSPS) is 12.5. The molecule has 0 radical (unpaired) electrons. The highest BCUT2D eigenvalue weighted by atomic mass is 35.5. The Hall–Kier alpha value is -2.25. The number of likely N-dealkylation sites (N-methyl/N-ethyl adjacent to an activating group) is 1. The molecule has 0 bridgehead atoms. The van der Waals surface area contributed by atoms with Crippen LogP contribution in [-0.4, -0.2) is 43.1 Å². The van der Waals surface area contributed by atoms with Gasteiger partial charge >= 0.3 is 5.97 Å². The molecule has 2 aromatic rings. The van der Waals surface area contributed by atoms with Crippen molar-refractivity contribution in [3.05, 3.63) is 45.1 Å². The first-order valence-corrected chi connectivity index (χ1v) is 9.35. The monoisotopic (exact) mass is 395 g/mol. The number of rotatable bonds is 6. The summed E-state index contributed by atoms with van der Waals surface area (Å²) in [5.41, 5.74) is 0.917. The van der Waals surface area contributed by atoms with Crippen LogP contribution in [0.3, 0.4) is 0 Å². The number of thiophene rings is 1. The maximum atomic E-state index is 12.4. The maximum absolute atomic E-state index is 12.4. The van der Waals surface area contributed by atoms with E-state index in [0.29, 0.717) is 47.0 Å². The number of benzene rings is 1. The van der Waals surface area contributed by atoms with E-state index in [2.05, 4.69) is 0 Å². The summed E-state index contributed by atoms with van der Waals surface area (Å²) < 4.78 is 16.6. The molecular formula is C18H18ClNO5S. The van der Waals surface area contributed by atoms with Crippen LogP contribution in [0.4, 0.5) is 0 Å². The predicted molar refractivity (Wildman–Crippen MR) is 98.1 cm³/mol. The van der Waals surface area contributed by atoms with Gasteiger partial charge in [-0.2, -0.15) is 0 Å². The number of hydrogen-bond acceptors (Lipinski definition) is 6. The van der Waals surface area contributed by atoms with Crippen LogP contribution in [-0.2, 0) is 16.1 Å². The molecule has 0 atom stereocenters. The summed E-state index contributed by atoms with van der Waals surface area (Å²) in [6.45, 7) is 3.50. The van der Waals surface area contributed by atoms with E-state index in [0.717, 1.165) is 16.9 Å². The van der Waals surface area contributed by atoms with Crippen molar-refractivity contribution in [1.29, 1.82) is 0 Å². The number of halogens is 1. The molecule has 8 heteroatoms. The van der Waals surface area contributed by atoms with E-state index in [9.17, 15) is 9.59 Å². The van der Waals surface area contributed by atoms with Crippen LogP contribution in [0, 0.1) is 0 Å². The molecule has 6 nitrogen and oxygen atoms in total. The van der Waals surface area contributed by atoms with Crippen molar-refractivity contribution >= 4 is 34.8 Å². The van der Waals surface area contributed by atoms with Gasteiger partial charge in [-0.05, 0) is 36.8 Å². The predicted octanol–water partition coefficient (Wildman–Crippen LogP) is 3.38. The minimum atomic E-state index is -0.550. The second kappa shape index (κ2) is 8.42. The van der Waals surface area contributed by atoms with Gasteiger partial charge in [-0.3, -0.25) is 4.79 Å². The Morgan fingerprint density at radius 1 is 1.19 bits per heavy atom. The molecule has 0 spiro atoms. The van der Waals surface area contributed by atoms with E-state index in [1.54, 1.807) is 17.0 Å². The number of fused-ring (bicyclic) bond motifs is 1. The molecule has 138 valence electrons. The highest BCUT2D eigenvalue weighted by Crippen LogP contribution is 2.31. The Morgan fingerprint density at radius 3 is 2.65 bits per heavy atom. The number of nitrogens with zero attached hydrogens (tertiary/aromatic N) is 1. The van der Waals surface area contributed by atoms with Gasteiger partial charge in [0.1, 0.15) is 18.1 Å². The molecular weight excluding hydrogens is 378 g/mol. The fraction of sp³-hybridized carbons (Fsp3) is 0.333. The summed E-state index contributed by atoms with van der Waals surface area (Å²) in [7, 11) is 0. The second-order valence-corrected chi connectivity index (χ2v) is 7.28. The van der Waals surface area contributed by atoms with Gasteiger partial charge in [0.2, 0.25) is 0 Å². The lowest BCUT2D eigenvalue weighted by Gasteiger charge is -2.23. The number of carbonyl (C=O) groups excluding carboxylic acids is 2. The van der Waals surface area contributed by atoms with Crippen molar-refractivity contribution in [3.8, 4) is 11.5 Å². The summed E-state index contributed by atoms with van der Waals surface area (Å²) in [5.74, 6) is 0.570. The zero-order valence-electron chi connectivity index (χ0n) is 14.2. The summed E-state index contributed by atoms with van der Waals surface area (Å²) in [6, 6.07) is 8.79. The first kappa shape index (κ1) is 18.5. The topological polar surface area (TPSA) is 65.1 Å². The van der Waals surface area contributed by atoms with E-state index in [4.69, 9.17) is 25.8 Å². The molecule has 26 heavy (non-hydrogen) atoms. The lowest BCUT2D eigenvalue weighted by Crippen LogP contribution is -2.34. The lowest BCUT2D eigenvalue weighted by atomic mass is 10.2. The molecule has 0 unspecified atom stereocenters. The zero-order valence-corrected chi connectivity index (χ0v) is 15.8. The molecule has 1 aromatic carbocycles. The maximum Gasteiger partial charge on any atom is 0.348 e. The Morgan fingerprint density at radius 2 is 1.96 bits per heavy atom. The Kier molecular flexibility index (Phi) is 6.00. The Labute approximate surface area is 160 Å². The van der Waals surface area contributed by atoms with Crippen LogP contribution in [0.2, 0.25) is 4.34 Å². The molecule has 0 saturated carbocycles. The Bertz CT molecular complexity index is 807. The van der Waals surface area contributed by atoms with Crippen molar-refractivity contribution in [2.75, 3.05) is 26.4 Å². The van der Waals surface area contributed by atoms with Crippen LogP contribution in [0.1, 0.15) is 22.2 Å². The number of esters is 1. The molecule has 0 fully saturated rings. The second-order valence-electron chi connectivity index (χ2n) is 5.57. The quantitative estimate of drug-likeness (QED) is 0.701. The fourth-order valence-electron chi connectivity index (χ4n) is 2.50. The number of amides is 1. The third kappa shape index (κ3) is 4.47. The molecule has 0 aliphatic carbocycles. The van der Waals surface area contributed by atoms with Crippen molar-refractivity contribution in [2.45, 2.75) is 13.5 Å². The highest BCUT2D eigenvalue weighted by Gasteiger charge is 2.18. The van der Waals surface area contributed by atoms with E-state index in [-0.39, 0.29) is 12.5 Å².